The molecule has 1 fully saturated rings. The molecular formula is C14H14F3N3O3S. The molecule has 24 heavy (non-hydrogen) atoms. The first kappa shape index (κ1) is 16.9. The number of carbonyl (C=O) groups is 1. The Morgan fingerprint density at radius 1 is 1.50 bits per heavy atom. The summed E-state index contributed by atoms with van der Waals surface area (Å²) in [4.78, 5) is 21.8. The molecule has 2 aromatic rings. The maximum absolute atomic E-state index is 12.5. The molecule has 1 amide bonds. The van der Waals surface area contributed by atoms with Gasteiger partial charge in [-0.2, -0.15) is 18.2 Å². The molecule has 0 N–H and O–H groups in total. The highest BCUT2D eigenvalue weighted by atomic mass is 32.1. The molecule has 2 heterocycles. The van der Waals surface area contributed by atoms with E-state index in [1.165, 1.54) is 23.5 Å². The lowest BCUT2D eigenvalue weighted by Crippen LogP contribution is -2.30. The van der Waals surface area contributed by atoms with E-state index < -0.39 is 12.1 Å². The molecule has 2 unspecified atom stereocenters. The molecule has 2 atom stereocenters. The number of amides is 1. The molecule has 0 aliphatic heterocycles. The van der Waals surface area contributed by atoms with Crippen molar-refractivity contribution in [3.05, 3.63) is 22.9 Å². The minimum atomic E-state index is -4.68. The van der Waals surface area contributed by atoms with Crippen molar-refractivity contribution in [3.63, 3.8) is 0 Å². The Balaban J connectivity index is 1.71. The SMILES string of the molecule is CON(Cc1ccc(-c2noc(C(F)(F)F)n2)s1)C(=O)C1CC1C. The maximum Gasteiger partial charge on any atom is 0.471 e. The van der Waals surface area contributed by atoms with Crippen LogP contribution in [-0.2, 0) is 22.4 Å². The lowest BCUT2D eigenvalue weighted by Gasteiger charge is -2.18. The Kier molecular flexibility index (Phi) is 4.35. The summed E-state index contributed by atoms with van der Waals surface area (Å²) in [5, 5.41) is 4.61. The van der Waals surface area contributed by atoms with Crippen LogP contribution in [0.4, 0.5) is 13.2 Å². The van der Waals surface area contributed by atoms with Gasteiger partial charge in [0.2, 0.25) is 11.7 Å². The number of alkyl halides is 3. The molecule has 1 saturated carbocycles. The lowest BCUT2D eigenvalue weighted by molar-refractivity contribution is -0.180. The maximum atomic E-state index is 12.5. The molecule has 6 nitrogen and oxygen atoms in total. The molecule has 0 bridgehead atoms. The average molecular weight is 361 g/mol. The van der Waals surface area contributed by atoms with E-state index >= 15 is 0 Å². The Morgan fingerprint density at radius 3 is 2.75 bits per heavy atom. The minimum absolute atomic E-state index is 0.0177. The van der Waals surface area contributed by atoms with Crippen LogP contribution >= 0.6 is 11.3 Å². The fourth-order valence-electron chi connectivity index (χ4n) is 2.25. The molecule has 1 aliphatic carbocycles. The molecule has 3 rings (SSSR count). The Hall–Kier alpha value is -1.94. The number of rotatable bonds is 5. The van der Waals surface area contributed by atoms with E-state index in [9.17, 15) is 18.0 Å². The van der Waals surface area contributed by atoms with Gasteiger partial charge in [0.15, 0.2) is 0 Å². The van der Waals surface area contributed by atoms with Gasteiger partial charge in [0.25, 0.3) is 0 Å². The van der Waals surface area contributed by atoms with E-state index in [-0.39, 0.29) is 24.2 Å². The van der Waals surface area contributed by atoms with Crippen LogP contribution in [0, 0.1) is 11.8 Å². The Labute approximate surface area is 139 Å². The van der Waals surface area contributed by atoms with Crippen molar-refractivity contribution in [3.8, 4) is 10.7 Å². The standard InChI is InChI=1S/C14H14F3N3O3S/c1-7-5-9(7)12(21)20(22-2)6-8-3-4-10(24-8)11-18-13(23-19-11)14(15,16)17/h3-4,7,9H,5-6H2,1-2H3. The predicted octanol–water partition coefficient (Wildman–Crippen LogP) is 3.36. The number of halogens is 3. The fraction of sp³-hybridized carbons (Fsp3) is 0.500. The number of carbonyl (C=O) groups excluding carboxylic acids is 1. The number of hydrogen-bond donors (Lipinski definition) is 0. The third-order valence-electron chi connectivity index (χ3n) is 3.74. The van der Waals surface area contributed by atoms with Gasteiger partial charge >= 0.3 is 12.1 Å². The molecule has 2 aromatic heterocycles. The van der Waals surface area contributed by atoms with Crippen LogP contribution in [0.5, 0.6) is 0 Å². The molecule has 130 valence electrons. The molecule has 0 spiro atoms. The molecule has 10 heteroatoms. The van der Waals surface area contributed by atoms with Crippen molar-refractivity contribution in [2.45, 2.75) is 26.1 Å². The molecule has 0 saturated heterocycles. The third-order valence-corrected chi connectivity index (χ3v) is 4.81. The number of hydrogen-bond acceptors (Lipinski definition) is 6. The van der Waals surface area contributed by atoms with Gasteiger partial charge in [-0.25, -0.2) is 5.06 Å². The average Bonchev–Trinajstić information content (AvgIpc) is 2.97. The van der Waals surface area contributed by atoms with E-state index in [4.69, 9.17) is 4.84 Å². The smallest absolute Gasteiger partial charge is 0.329 e. The summed E-state index contributed by atoms with van der Waals surface area (Å²) >= 11 is 1.18. The monoisotopic (exact) mass is 361 g/mol. The number of aromatic nitrogens is 2. The van der Waals surface area contributed by atoms with Gasteiger partial charge in [0.05, 0.1) is 18.5 Å². The second-order valence-corrected chi connectivity index (χ2v) is 6.73. The topological polar surface area (TPSA) is 68.5 Å². The summed E-state index contributed by atoms with van der Waals surface area (Å²) in [6.07, 6.45) is -3.83. The second-order valence-electron chi connectivity index (χ2n) is 5.56. The van der Waals surface area contributed by atoms with Crippen molar-refractivity contribution in [2.75, 3.05) is 7.11 Å². The van der Waals surface area contributed by atoms with Crippen LogP contribution in [-0.4, -0.2) is 28.2 Å². The summed E-state index contributed by atoms with van der Waals surface area (Å²) in [5.41, 5.74) is 0. The highest BCUT2D eigenvalue weighted by Gasteiger charge is 2.42. The third kappa shape index (κ3) is 3.44. The van der Waals surface area contributed by atoms with Gasteiger partial charge in [-0.1, -0.05) is 12.1 Å². The first-order valence-electron chi connectivity index (χ1n) is 7.15. The van der Waals surface area contributed by atoms with Gasteiger partial charge in [0, 0.05) is 10.8 Å². The van der Waals surface area contributed by atoms with Crippen molar-refractivity contribution >= 4 is 17.2 Å². The molecular weight excluding hydrogens is 347 g/mol. The Bertz CT molecular complexity index is 743. The van der Waals surface area contributed by atoms with Crippen molar-refractivity contribution in [1.82, 2.24) is 15.2 Å². The molecule has 0 radical (unpaired) electrons. The van der Waals surface area contributed by atoms with E-state index in [1.807, 2.05) is 6.92 Å². The zero-order valence-corrected chi connectivity index (χ0v) is 13.6. The van der Waals surface area contributed by atoms with Gasteiger partial charge in [0.1, 0.15) is 0 Å². The summed E-state index contributed by atoms with van der Waals surface area (Å²) in [5.74, 6) is -1.27. The fourth-order valence-corrected chi connectivity index (χ4v) is 3.16. The van der Waals surface area contributed by atoms with Crippen LogP contribution in [0.15, 0.2) is 16.7 Å². The van der Waals surface area contributed by atoms with Crippen molar-refractivity contribution < 1.29 is 27.3 Å². The van der Waals surface area contributed by atoms with Crippen molar-refractivity contribution in [2.24, 2.45) is 11.8 Å². The zero-order valence-electron chi connectivity index (χ0n) is 12.8. The van der Waals surface area contributed by atoms with E-state index in [0.29, 0.717) is 10.8 Å². The molecule has 0 aromatic carbocycles. The summed E-state index contributed by atoms with van der Waals surface area (Å²) in [6, 6.07) is 3.28. The van der Waals surface area contributed by atoms with Crippen LogP contribution in [0.1, 0.15) is 24.1 Å². The highest BCUT2D eigenvalue weighted by Crippen LogP contribution is 2.39. The largest absolute Gasteiger partial charge is 0.471 e. The number of nitrogens with zero attached hydrogens (tertiary/aromatic N) is 3. The van der Waals surface area contributed by atoms with E-state index in [2.05, 4.69) is 14.7 Å². The zero-order chi connectivity index (χ0) is 17.5. The van der Waals surface area contributed by atoms with Crippen molar-refractivity contribution in [1.29, 1.82) is 0 Å². The number of hydroxylamine groups is 2. The van der Waals surface area contributed by atoms with Gasteiger partial charge in [-0.05, 0) is 24.5 Å². The van der Waals surface area contributed by atoms with Crippen LogP contribution in [0.25, 0.3) is 10.7 Å². The normalized spacial score (nSPS) is 20.2. The summed E-state index contributed by atoms with van der Waals surface area (Å²) < 4.78 is 41.7. The van der Waals surface area contributed by atoms with E-state index in [0.717, 1.165) is 11.3 Å². The predicted molar refractivity (Wildman–Crippen MR) is 77.4 cm³/mol. The van der Waals surface area contributed by atoms with Gasteiger partial charge < -0.3 is 4.52 Å². The van der Waals surface area contributed by atoms with Crippen LogP contribution in [0.2, 0.25) is 0 Å². The quantitative estimate of drug-likeness (QED) is 0.764. The van der Waals surface area contributed by atoms with Crippen LogP contribution in [0.3, 0.4) is 0 Å². The minimum Gasteiger partial charge on any atom is -0.329 e. The number of thiophene rings is 1. The van der Waals surface area contributed by atoms with Gasteiger partial charge in [-0.15, -0.1) is 11.3 Å². The van der Waals surface area contributed by atoms with Gasteiger partial charge in [-0.3, -0.25) is 9.63 Å². The first-order chi connectivity index (χ1) is 11.3. The Morgan fingerprint density at radius 2 is 2.21 bits per heavy atom. The summed E-state index contributed by atoms with van der Waals surface area (Å²) in [7, 11) is 1.41. The van der Waals surface area contributed by atoms with Crippen LogP contribution < -0.4 is 0 Å². The summed E-state index contributed by atoms with van der Waals surface area (Å²) in [6.45, 7) is 2.21. The second kappa shape index (κ2) is 6.17. The first-order valence-corrected chi connectivity index (χ1v) is 7.96. The lowest BCUT2D eigenvalue weighted by atomic mass is 10.3. The highest BCUT2D eigenvalue weighted by molar-refractivity contribution is 7.15. The molecule has 1 aliphatic rings. The van der Waals surface area contributed by atoms with E-state index in [1.54, 1.807) is 12.1 Å².